The minimum atomic E-state index is -0.361. The van der Waals surface area contributed by atoms with Crippen LogP contribution in [-0.2, 0) is 9.63 Å². The number of rotatable bonds is 13. The monoisotopic (exact) mass is 500 g/mol. The maximum Gasteiger partial charge on any atom is 0.367 e. The van der Waals surface area contributed by atoms with Gasteiger partial charge in [-0.2, -0.15) is 0 Å². The topological polar surface area (TPSA) is 41.9 Å². The van der Waals surface area contributed by atoms with Crippen molar-refractivity contribution < 1.29 is 9.63 Å². The maximum atomic E-state index is 12.2. The lowest BCUT2D eigenvalue weighted by Gasteiger charge is -2.23. The van der Waals surface area contributed by atoms with E-state index in [0.717, 1.165) is 18.0 Å². The summed E-state index contributed by atoms with van der Waals surface area (Å²) in [7, 11) is 0. The fourth-order valence-electron chi connectivity index (χ4n) is 4.08. The van der Waals surface area contributed by atoms with Crippen molar-refractivity contribution in [2.45, 2.75) is 86.0 Å². The van der Waals surface area contributed by atoms with Gasteiger partial charge in [-0.3, -0.25) is 0 Å². The van der Waals surface area contributed by atoms with Gasteiger partial charge in [0.2, 0.25) is 0 Å². The van der Waals surface area contributed by atoms with Crippen molar-refractivity contribution in [3.63, 3.8) is 0 Å². The molecule has 6 heteroatoms. The number of thiophene rings is 2. The zero-order valence-electron chi connectivity index (χ0n) is 21.5. The number of oxime groups is 1. The molecule has 0 N–H and O–H groups in total. The molecule has 2 aromatic rings. The van der Waals surface area contributed by atoms with Crippen LogP contribution in [0.3, 0.4) is 0 Å². The van der Waals surface area contributed by atoms with Crippen LogP contribution in [0.1, 0.15) is 90.9 Å². The summed E-state index contributed by atoms with van der Waals surface area (Å²) in [6.45, 7) is 13.0. The second kappa shape index (κ2) is 12.7. The molecule has 186 valence electrons. The van der Waals surface area contributed by atoms with Crippen molar-refractivity contribution in [1.29, 1.82) is 0 Å². The number of hydrogen-bond donors (Lipinski definition) is 0. The fraction of sp³-hybridized carbons (Fsp3) is 0.571. The minimum Gasteiger partial charge on any atom is -0.363 e. The van der Waals surface area contributed by atoms with Crippen LogP contribution in [0.15, 0.2) is 35.0 Å². The summed E-state index contributed by atoms with van der Waals surface area (Å²) < 4.78 is 0. The summed E-state index contributed by atoms with van der Waals surface area (Å²) in [5.74, 6) is -0.361. The Morgan fingerprint density at radius 1 is 0.882 bits per heavy atom. The first-order chi connectivity index (χ1) is 16.3. The quantitative estimate of drug-likeness (QED) is 0.157. The Hall–Kier alpha value is -1.92. The van der Waals surface area contributed by atoms with Crippen LogP contribution in [0.25, 0.3) is 15.8 Å². The molecule has 0 saturated heterocycles. The molecule has 0 saturated carbocycles. The zero-order chi connectivity index (χ0) is 24.6. The van der Waals surface area contributed by atoms with Gasteiger partial charge in [0.05, 0.1) is 10.6 Å². The Bertz CT molecular complexity index is 982. The number of carbonyl (C=O) groups is 1. The third-order valence-electron chi connectivity index (χ3n) is 6.03. The predicted octanol–water partition coefficient (Wildman–Crippen LogP) is 8.79. The van der Waals surface area contributed by atoms with Crippen LogP contribution in [-0.4, -0.2) is 24.8 Å². The summed E-state index contributed by atoms with van der Waals surface area (Å²) in [6, 6.07) is 8.79. The molecular weight excluding hydrogens is 460 g/mol. The van der Waals surface area contributed by atoms with E-state index in [9.17, 15) is 4.79 Å². The molecule has 3 heterocycles. The van der Waals surface area contributed by atoms with Crippen molar-refractivity contribution in [2.24, 2.45) is 10.6 Å². The van der Waals surface area contributed by atoms with Crippen LogP contribution >= 0.6 is 22.7 Å². The molecule has 0 unspecified atom stereocenters. The molecule has 0 fully saturated rings. The third-order valence-corrected chi connectivity index (χ3v) is 8.40. The van der Waals surface area contributed by atoms with Gasteiger partial charge < -0.3 is 9.74 Å². The molecule has 34 heavy (non-hydrogen) atoms. The first-order valence-electron chi connectivity index (χ1n) is 12.8. The molecule has 2 aromatic heterocycles. The van der Waals surface area contributed by atoms with Gasteiger partial charge in [-0.15, -0.1) is 22.7 Å². The van der Waals surface area contributed by atoms with Crippen molar-refractivity contribution in [1.82, 2.24) is 0 Å². The van der Waals surface area contributed by atoms with E-state index in [2.05, 4.69) is 48.2 Å². The molecule has 0 atom stereocenters. The largest absolute Gasteiger partial charge is 0.367 e. The molecular formula is C28H40N2O2S2. The van der Waals surface area contributed by atoms with Crippen molar-refractivity contribution in [2.75, 3.05) is 18.0 Å². The summed E-state index contributed by atoms with van der Waals surface area (Å²) in [6.07, 6.45) is 12.3. The normalized spacial score (nSPS) is 15.1. The molecule has 0 amide bonds. The van der Waals surface area contributed by atoms with E-state index < -0.39 is 0 Å². The SMILES string of the molecule is CCCCCCN(CCCCCC)c1ccc(-c2ccc(/C=C3/C(=O)ON=C3C(C)(C)C)s2)s1. The zero-order valence-corrected chi connectivity index (χ0v) is 23.1. The number of anilines is 1. The van der Waals surface area contributed by atoms with Crippen LogP contribution in [0.5, 0.6) is 0 Å². The molecule has 1 aliphatic heterocycles. The molecule has 1 aliphatic rings. The molecule has 0 radical (unpaired) electrons. The van der Waals surface area contributed by atoms with Gasteiger partial charge in [-0.05, 0) is 43.2 Å². The van der Waals surface area contributed by atoms with E-state index in [1.807, 2.05) is 38.2 Å². The van der Waals surface area contributed by atoms with Gasteiger partial charge >= 0.3 is 5.97 Å². The Labute approximate surface area is 213 Å². The van der Waals surface area contributed by atoms with Gasteiger partial charge in [0, 0.05) is 33.1 Å². The average molecular weight is 501 g/mol. The smallest absolute Gasteiger partial charge is 0.363 e. The summed E-state index contributed by atoms with van der Waals surface area (Å²) >= 11 is 3.60. The lowest BCUT2D eigenvalue weighted by Crippen LogP contribution is -2.24. The molecule has 4 nitrogen and oxygen atoms in total. The highest BCUT2D eigenvalue weighted by Gasteiger charge is 2.34. The van der Waals surface area contributed by atoms with E-state index in [0.29, 0.717) is 11.3 Å². The van der Waals surface area contributed by atoms with Crippen LogP contribution in [0.4, 0.5) is 5.00 Å². The minimum absolute atomic E-state index is 0.238. The maximum absolute atomic E-state index is 12.2. The second-order valence-electron chi connectivity index (χ2n) is 10.1. The number of hydrogen-bond acceptors (Lipinski definition) is 6. The summed E-state index contributed by atoms with van der Waals surface area (Å²) in [4.78, 5) is 23.4. The average Bonchev–Trinajstić information content (AvgIpc) is 3.53. The van der Waals surface area contributed by atoms with Gasteiger partial charge in [0.15, 0.2) is 0 Å². The number of unbranched alkanes of at least 4 members (excludes halogenated alkanes) is 6. The Kier molecular flexibility index (Phi) is 9.96. The van der Waals surface area contributed by atoms with E-state index in [1.54, 1.807) is 11.3 Å². The van der Waals surface area contributed by atoms with Crippen LogP contribution in [0, 0.1) is 5.41 Å². The Balaban J connectivity index is 1.73. The second-order valence-corrected chi connectivity index (χ2v) is 12.3. The molecule has 0 aromatic carbocycles. The van der Waals surface area contributed by atoms with Gasteiger partial charge in [-0.1, -0.05) is 78.3 Å². The highest BCUT2D eigenvalue weighted by Crippen LogP contribution is 2.39. The Morgan fingerprint density at radius 2 is 1.50 bits per heavy atom. The summed E-state index contributed by atoms with van der Waals surface area (Å²) in [5, 5.41) is 5.40. The lowest BCUT2D eigenvalue weighted by atomic mass is 9.85. The third kappa shape index (κ3) is 7.29. The number of nitrogens with zero attached hydrogens (tertiary/aromatic N) is 2. The van der Waals surface area contributed by atoms with Gasteiger partial charge in [0.25, 0.3) is 0 Å². The number of carbonyl (C=O) groups excluding carboxylic acids is 1. The standard InChI is InChI=1S/C28H40N2O2S2/c1-6-8-10-12-18-30(19-13-11-9-7-2)25-17-16-24(34-25)23-15-14-21(33-23)20-22-26(28(3,4)5)29-32-27(22)31/h14-17,20H,6-13,18-19H2,1-5H3/b22-20+. The predicted molar refractivity (Wildman–Crippen MR) is 149 cm³/mol. The fourth-order valence-corrected chi connectivity index (χ4v) is 6.18. The van der Waals surface area contributed by atoms with E-state index in [-0.39, 0.29) is 11.4 Å². The van der Waals surface area contributed by atoms with Crippen LogP contribution < -0.4 is 4.90 Å². The van der Waals surface area contributed by atoms with Crippen LogP contribution in [0.2, 0.25) is 0 Å². The molecule has 3 rings (SSSR count). The van der Waals surface area contributed by atoms with E-state index >= 15 is 0 Å². The van der Waals surface area contributed by atoms with Crippen molar-refractivity contribution in [3.8, 4) is 9.75 Å². The molecule has 0 aliphatic carbocycles. The first kappa shape index (κ1) is 26.7. The molecule has 0 spiro atoms. The first-order valence-corrected chi connectivity index (χ1v) is 14.4. The lowest BCUT2D eigenvalue weighted by molar-refractivity contribution is -0.136. The van der Waals surface area contributed by atoms with Crippen molar-refractivity contribution >= 4 is 45.4 Å². The van der Waals surface area contributed by atoms with Crippen molar-refractivity contribution in [3.05, 3.63) is 34.7 Å². The van der Waals surface area contributed by atoms with Gasteiger partial charge in [0.1, 0.15) is 5.71 Å². The van der Waals surface area contributed by atoms with E-state index in [1.165, 1.54) is 66.1 Å². The highest BCUT2D eigenvalue weighted by atomic mass is 32.1. The highest BCUT2D eigenvalue weighted by molar-refractivity contribution is 7.24. The molecule has 0 bridgehead atoms. The van der Waals surface area contributed by atoms with Gasteiger partial charge in [-0.25, -0.2) is 4.79 Å². The summed E-state index contributed by atoms with van der Waals surface area (Å²) in [5.41, 5.74) is 1.05. The van der Waals surface area contributed by atoms with E-state index in [4.69, 9.17) is 4.84 Å². The Morgan fingerprint density at radius 3 is 2.12 bits per heavy atom.